The molecule has 0 unspecified atom stereocenters. The van der Waals surface area contributed by atoms with Crippen molar-refractivity contribution < 1.29 is 9.32 Å². The zero-order valence-corrected chi connectivity index (χ0v) is 19.8. The minimum absolute atomic E-state index is 0.172. The van der Waals surface area contributed by atoms with Crippen molar-refractivity contribution >= 4 is 23.3 Å². The average molecular weight is 477 g/mol. The summed E-state index contributed by atoms with van der Waals surface area (Å²) < 4.78 is 7.47. The van der Waals surface area contributed by atoms with Gasteiger partial charge in [0.15, 0.2) is 11.6 Å². The number of benzene rings is 2. The van der Waals surface area contributed by atoms with E-state index >= 15 is 0 Å². The summed E-state index contributed by atoms with van der Waals surface area (Å²) >= 11 is 6.04. The molecular weight excluding hydrogens is 452 g/mol. The molecule has 2 aromatic carbocycles. The fraction of sp³-hybridized carbons (Fsp3) is 0.280. The molecule has 0 bridgehead atoms. The van der Waals surface area contributed by atoms with Crippen molar-refractivity contribution in [3.05, 3.63) is 82.6 Å². The van der Waals surface area contributed by atoms with E-state index in [1.807, 2.05) is 66.4 Å². The molecule has 174 valence electrons. The number of halogens is 1. The SMILES string of the molecule is Cc1onc(-c2ccccc2)c1NC(=O)N1CCC[C@@H]1c1nnc(C)n1Cc1ccc(Cl)cc1. The smallest absolute Gasteiger partial charge is 0.322 e. The van der Waals surface area contributed by atoms with Crippen LogP contribution in [-0.4, -0.2) is 37.4 Å². The number of hydrogen-bond acceptors (Lipinski definition) is 5. The topological polar surface area (TPSA) is 89.1 Å². The van der Waals surface area contributed by atoms with Gasteiger partial charge in [-0.25, -0.2) is 4.79 Å². The van der Waals surface area contributed by atoms with Gasteiger partial charge < -0.3 is 19.3 Å². The molecule has 0 aliphatic carbocycles. The van der Waals surface area contributed by atoms with Crippen LogP contribution in [0.15, 0.2) is 59.1 Å². The van der Waals surface area contributed by atoms with Gasteiger partial charge in [-0.2, -0.15) is 0 Å². The van der Waals surface area contributed by atoms with E-state index in [-0.39, 0.29) is 12.1 Å². The van der Waals surface area contributed by atoms with Crippen LogP contribution >= 0.6 is 11.6 Å². The van der Waals surface area contributed by atoms with Crippen molar-refractivity contribution in [1.82, 2.24) is 24.8 Å². The molecule has 5 rings (SSSR count). The van der Waals surface area contributed by atoms with E-state index in [1.165, 1.54) is 0 Å². The number of anilines is 1. The lowest BCUT2D eigenvalue weighted by Crippen LogP contribution is -2.35. The first kappa shape index (κ1) is 22.2. The van der Waals surface area contributed by atoms with Gasteiger partial charge in [-0.1, -0.05) is 59.2 Å². The van der Waals surface area contributed by atoms with Crippen LogP contribution in [0.3, 0.4) is 0 Å². The van der Waals surface area contributed by atoms with Gasteiger partial charge in [0, 0.05) is 17.1 Å². The molecular formula is C25H25ClN6O2. The summed E-state index contributed by atoms with van der Waals surface area (Å²) in [5.41, 5.74) is 3.17. The van der Waals surface area contributed by atoms with Crippen LogP contribution in [0.2, 0.25) is 5.02 Å². The molecule has 3 heterocycles. The lowest BCUT2D eigenvalue weighted by atomic mass is 10.1. The number of aromatic nitrogens is 4. The Morgan fingerprint density at radius 3 is 2.65 bits per heavy atom. The van der Waals surface area contributed by atoms with Gasteiger partial charge in [0.25, 0.3) is 0 Å². The molecule has 1 saturated heterocycles. The highest BCUT2D eigenvalue weighted by Gasteiger charge is 2.35. The van der Waals surface area contributed by atoms with Gasteiger partial charge in [-0.15, -0.1) is 10.2 Å². The minimum Gasteiger partial charge on any atom is -0.359 e. The third kappa shape index (κ3) is 4.28. The van der Waals surface area contributed by atoms with Crippen LogP contribution < -0.4 is 5.32 Å². The number of hydrogen-bond donors (Lipinski definition) is 1. The van der Waals surface area contributed by atoms with E-state index in [1.54, 1.807) is 6.92 Å². The van der Waals surface area contributed by atoms with Gasteiger partial charge in [-0.05, 0) is 44.4 Å². The van der Waals surface area contributed by atoms with Gasteiger partial charge in [-0.3, -0.25) is 0 Å². The maximum absolute atomic E-state index is 13.4. The Labute approximate surface area is 202 Å². The molecule has 9 heteroatoms. The van der Waals surface area contributed by atoms with Crippen molar-refractivity contribution in [1.29, 1.82) is 0 Å². The molecule has 0 radical (unpaired) electrons. The number of amides is 2. The van der Waals surface area contributed by atoms with E-state index in [4.69, 9.17) is 16.1 Å². The third-order valence-electron chi connectivity index (χ3n) is 6.17. The number of aryl methyl sites for hydroxylation is 2. The summed E-state index contributed by atoms with van der Waals surface area (Å²) in [5.74, 6) is 2.15. The van der Waals surface area contributed by atoms with Crippen LogP contribution in [0.4, 0.5) is 10.5 Å². The molecule has 2 aromatic heterocycles. The average Bonchev–Trinajstić information content (AvgIpc) is 3.56. The normalized spacial score (nSPS) is 15.6. The highest BCUT2D eigenvalue weighted by Crippen LogP contribution is 2.34. The van der Waals surface area contributed by atoms with Crippen molar-refractivity contribution in [2.24, 2.45) is 0 Å². The first-order valence-corrected chi connectivity index (χ1v) is 11.6. The second-order valence-corrected chi connectivity index (χ2v) is 8.86. The maximum Gasteiger partial charge on any atom is 0.322 e. The maximum atomic E-state index is 13.4. The third-order valence-corrected chi connectivity index (χ3v) is 6.42. The summed E-state index contributed by atoms with van der Waals surface area (Å²) in [5, 5.41) is 16.7. The molecule has 8 nitrogen and oxygen atoms in total. The predicted octanol–water partition coefficient (Wildman–Crippen LogP) is 5.62. The number of urea groups is 1. The molecule has 1 atom stereocenters. The van der Waals surface area contributed by atoms with Crippen molar-refractivity contribution in [3.8, 4) is 11.3 Å². The Morgan fingerprint density at radius 1 is 1.12 bits per heavy atom. The van der Waals surface area contributed by atoms with Crippen molar-refractivity contribution in [3.63, 3.8) is 0 Å². The predicted molar refractivity (Wildman–Crippen MR) is 130 cm³/mol. The summed E-state index contributed by atoms with van der Waals surface area (Å²) in [6.07, 6.45) is 1.71. The quantitative estimate of drug-likeness (QED) is 0.403. The molecule has 1 fully saturated rings. The molecule has 0 saturated carbocycles. The molecule has 1 aliphatic heterocycles. The molecule has 1 N–H and O–H groups in total. The Balaban J connectivity index is 1.39. The molecule has 34 heavy (non-hydrogen) atoms. The Bertz CT molecular complexity index is 1300. The van der Waals surface area contributed by atoms with Gasteiger partial charge in [0.2, 0.25) is 0 Å². The molecule has 0 spiro atoms. The van der Waals surface area contributed by atoms with E-state index in [9.17, 15) is 4.79 Å². The molecule has 1 aliphatic rings. The zero-order valence-electron chi connectivity index (χ0n) is 19.0. The van der Waals surface area contributed by atoms with E-state index < -0.39 is 0 Å². The van der Waals surface area contributed by atoms with Crippen LogP contribution in [0, 0.1) is 13.8 Å². The van der Waals surface area contributed by atoms with E-state index in [0.29, 0.717) is 35.3 Å². The van der Waals surface area contributed by atoms with Gasteiger partial charge in [0.05, 0.1) is 12.6 Å². The highest BCUT2D eigenvalue weighted by molar-refractivity contribution is 6.30. The number of nitrogens with one attached hydrogen (secondary N) is 1. The fourth-order valence-corrected chi connectivity index (χ4v) is 4.51. The summed E-state index contributed by atoms with van der Waals surface area (Å²) in [6, 6.07) is 17.0. The number of rotatable bonds is 5. The zero-order chi connectivity index (χ0) is 23.7. The first-order chi connectivity index (χ1) is 16.5. The summed E-state index contributed by atoms with van der Waals surface area (Å²) in [4.78, 5) is 15.2. The second kappa shape index (κ2) is 9.30. The summed E-state index contributed by atoms with van der Waals surface area (Å²) in [6.45, 7) is 4.97. The molecule has 4 aromatic rings. The Kier molecular flexibility index (Phi) is 6.06. The van der Waals surface area contributed by atoms with Crippen LogP contribution in [0.25, 0.3) is 11.3 Å². The van der Waals surface area contributed by atoms with Gasteiger partial charge in [0.1, 0.15) is 17.2 Å². The van der Waals surface area contributed by atoms with Crippen LogP contribution in [-0.2, 0) is 6.54 Å². The number of carbonyl (C=O) groups is 1. The first-order valence-electron chi connectivity index (χ1n) is 11.2. The minimum atomic E-state index is -0.204. The van der Waals surface area contributed by atoms with E-state index in [0.717, 1.165) is 35.6 Å². The van der Waals surface area contributed by atoms with E-state index in [2.05, 4.69) is 25.2 Å². The highest BCUT2D eigenvalue weighted by atomic mass is 35.5. The van der Waals surface area contributed by atoms with Crippen molar-refractivity contribution in [2.45, 2.75) is 39.3 Å². The monoisotopic (exact) mass is 476 g/mol. The molecule has 2 amide bonds. The fourth-order valence-electron chi connectivity index (χ4n) is 4.38. The van der Waals surface area contributed by atoms with Crippen LogP contribution in [0.5, 0.6) is 0 Å². The number of carbonyl (C=O) groups excluding carboxylic acids is 1. The standard InChI is InChI=1S/C25H25ClN6O2/c1-16-22(23(30-34-16)19-7-4-3-5-8-19)27-25(33)31-14-6-9-21(31)24-29-28-17(2)32(24)15-18-10-12-20(26)13-11-18/h3-5,7-8,10-13,21H,6,9,14-15H2,1-2H3,(H,27,33)/t21-/m1/s1. The largest absolute Gasteiger partial charge is 0.359 e. The van der Waals surface area contributed by atoms with Gasteiger partial charge >= 0.3 is 6.03 Å². The lowest BCUT2D eigenvalue weighted by molar-refractivity contribution is 0.203. The number of likely N-dealkylation sites (tertiary alicyclic amines) is 1. The summed E-state index contributed by atoms with van der Waals surface area (Å²) in [7, 11) is 0. The Hall–Kier alpha value is -3.65. The lowest BCUT2D eigenvalue weighted by Gasteiger charge is -2.25. The Morgan fingerprint density at radius 2 is 1.88 bits per heavy atom. The second-order valence-electron chi connectivity index (χ2n) is 8.43. The number of nitrogens with zero attached hydrogens (tertiary/aromatic N) is 5. The van der Waals surface area contributed by atoms with Crippen LogP contribution in [0.1, 0.15) is 41.9 Å². The van der Waals surface area contributed by atoms with Crippen molar-refractivity contribution in [2.75, 3.05) is 11.9 Å².